The van der Waals surface area contributed by atoms with Crippen molar-refractivity contribution in [2.45, 2.75) is 13.5 Å². The second-order valence-corrected chi connectivity index (χ2v) is 5.58. The minimum Gasteiger partial charge on any atom is -0.497 e. The van der Waals surface area contributed by atoms with Crippen LogP contribution in [0.4, 0.5) is 0 Å². The number of aryl methyl sites for hydroxylation is 1. The van der Waals surface area contributed by atoms with Crippen molar-refractivity contribution in [3.63, 3.8) is 0 Å². The molecule has 20 heavy (non-hydrogen) atoms. The molecule has 3 aromatic rings. The van der Waals surface area contributed by atoms with Crippen LogP contribution in [0.5, 0.6) is 11.5 Å². The number of hydrogen-bond acceptors (Lipinski definition) is 3. The maximum absolute atomic E-state index is 5.86. The topological polar surface area (TPSA) is 18.5 Å². The molecule has 0 amide bonds. The maximum Gasteiger partial charge on any atom is 0.120 e. The number of ether oxygens (including phenoxy) is 2. The van der Waals surface area contributed by atoms with Gasteiger partial charge in [-0.2, -0.15) is 0 Å². The molecule has 0 atom stereocenters. The predicted octanol–water partition coefficient (Wildman–Crippen LogP) is 4.80. The van der Waals surface area contributed by atoms with E-state index in [0.717, 1.165) is 11.5 Å². The third-order valence-corrected chi connectivity index (χ3v) is 4.33. The van der Waals surface area contributed by atoms with Crippen LogP contribution in [0.2, 0.25) is 0 Å². The van der Waals surface area contributed by atoms with Crippen LogP contribution in [-0.2, 0) is 6.61 Å². The second-order valence-electron chi connectivity index (χ2n) is 4.67. The number of rotatable bonds is 4. The van der Waals surface area contributed by atoms with E-state index in [9.17, 15) is 0 Å². The van der Waals surface area contributed by atoms with E-state index in [1.807, 2.05) is 24.3 Å². The van der Waals surface area contributed by atoms with Crippen molar-refractivity contribution < 1.29 is 9.47 Å². The molecule has 3 rings (SSSR count). The van der Waals surface area contributed by atoms with Gasteiger partial charge in [-0.3, -0.25) is 0 Å². The zero-order valence-corrected chi connectivity index (χ0v) is 12.4. The molecule has 2 aromatic carbocycles. The largest absolute Gasteiger partial charge is 0.497 e. The van der Waals surface area contributed by atoms with Crippen LogP contribution < -0.4 is 9.47 Å². The molecule has 1 aromatic heterocycles. The molecule has 0 N–H and O–H groups in total. The molecule has 0 unspecified atom stereocenters. The van der Waals surface area contributed by atoms with E-state index in [-0.39, 0.29) is 0 Å². The maximum atomic E-state index is 5.86. The quantitative estimate of drug-likeness (QED) is 0.685. The lowest BCUT2D eigenvalue weighted by molar-refractivity contribution is 0.307. The fourth-order valence-electron chi connectivity index (χ4n) is 2.28. The first-order chi connectivity index (χ1) is 9.78. The van der Waals surface area contributed by atoms with Crippen LogP contribution in [0.3, 0.4) is 0 Å². The fraction of sp³-hybridized carbons (Fsp3) is 0.176. The van der Waals surface area contributed by atoms with Gasteiger partial charge in [-0.1, -0.05) is 12.1 Å². The monoisotopic (exact) mass is 284 g/mol. The fourth-order valence-corrected chi connectivity index (χ4v) is 3.31. The lowest BCUT2D eigenvalue weighted by atomic mass is 10.1. The number of thiophene rings is 1. The van der Waals surface area contributed by atoms with Crippen molar-refractivity contribution in [2.75, 3.05) is 7.11 Å². The van der Waals surface area contributed by atoms with Crippen LogP contribution >= 0.6 is 11.3 Å². The van der Waals surface area contributed by atoms with Crippen molar-refractivity contribution in [2.24, 2.45) is 0 Å². The summed E-state index contributed by atoms with van der Waals surface area (Å²) in [5, 5.41) is 3.51. The Morgan fingerprint density at radius 2 is 1.75 bits per heavy atom. The second kappa shape index (κ2) is 5.55. The Kier molecular flexibility index (Phi) is 3.61. The average molecular weight is 284 g/mol. The highest BCUT2D eigenvalue weighted by Crippen LogP contribution is 2.29. The summed E-state index contributed by atoms with van der Waals surface area (Å²) in [7, 11) is 1.66. The summed E-state index contributed by atoms with van der Waals surface area (Å²) in [6.45, 7) is 2.74. The minimum absolute atomic E-state index is 0.594. The summed E-state index contributed by atoms with van der Waals surface area (Å²) in [5.41, 5.74) is 2.55. The van der Waals surface area contributed by atoms with Crippen molar-refractivity contribution >= 4 is 21.4 Å². The van der Waals surface area contributed by atoms with Gasteiger partial charge in [-0.25, -0.2) is 0 Å². The van der Waals surface area contributed by atoms with E-state index in [2.05, 4.69) is 30.5 Å². The van der Waals surface area contributed by atoms with Crippen LogP contribution in [0.1, 0.15) is 11.1 Å². The number of methoxy groups -OCH3 is 1. The van der Waals surface area contributed by atoms with Gasteiger partial charge in [-0.15, -0.1) is 11.3 Å². The number of fused-ring (bicyclic) bond motifs is 1. The van der Waals surface area contributed by atoms with Gasteiger partial charge in [0.05, 0.1) is 7.11 Å². The van der Waals surface area contributed by atoms with Gasteiger partial charge in [0, 0.05) is 15.6 Å². The van der Waals surface area contributed by atoms with Gasteiger partial charge < -0.3 is 9.47 Å². The first kappa shape index (κ1) is 13.0. The summed E-state index contributed by atoms with van der Waals surface area (Å²) >= 11 is 1.77. The summed E-state index contributed by atoms with van der Waals surface area (Å²) < 4.78 is 12.3. The van der Waals surface area contributed by atoms with Crippen molar-refractivity contribution in [1.82, 2.24) is 0 Å². The molecule has 0 fully saturated rings. The van der Waals surface area contributed by atoms with E-state index >= 15 is 0 Å². The molecule has 0 saturated heterocycles. The van der Waals surface area contributed by atoms with Gasteiger partial charge in [0.25, 0.3) is 0 Å². The first-order valence-corrected chi connectivity index (χ1v) is 7.38. The molecule has 0 saturated carbocycles. The molecular formula is C17H16O2S. The average Bonchev–Trinajstić information content (AvgIpc) is 2.90. The van der Waals surface area contributed by atoms with Crippen LogP contribution in [-0.4, -0.2) is 7.11 Å². The third-order valence-electron chi connectivity index (χ3n) is 3.34. The summed E-state index contributed by atoms with van der Waals surface area (Å²) in [6, 6.07) is 14.1. The van der Waals surface area contributed by atoms with Gasteiger partial charge >= 0.3 is 0 Å². The highest BCUT2D eigenvalue weighted by molar-refractivity contribution is 7.17. The highest BCUT2D eigenvalue weighted by atomic mass is 32.1. The van der Waals surface area contributed by atoms with Gasteiger partial charge in [0.2, 0.25) is 0 Å². The van der Waals surface area contributed by atoms with Crippen molar-refractivity contribution in [3.05, 3.63) is 59.0 Å². The van der Waals surface area contributed by atoms with E-state index in [4.69, 9.17) is 9.47 Å². The highest BCUT2D eigenvalue weighted by Gasteiger charge is 2.07. The molecule has 0 radical (unpaired) electrons. The molecule has 1 heterocycles. The van der Waals surface area contributed by atoms with E-state index in [1.54, 1.807) is 18.4 Å². The Labute approximate surface area is 122 Å². The van der Waals surface area contributed by atoms with Crippen LogP contribution in [0.15, 0.2) is 47.8 Å². The van der Waals surface area contributed by atoms with Crippen LogP contribution in [0.25, 0.3) is 10.1 Å². The van der Waals surface area contributed by atoms with E-state index < -0.39 is 0 Å². The van der Waals surface area contributed by atoms with E-state index in [1.165, 1.54) is 21.2 Å². The molecule has 0 aliphatic carbocycles. The molecule has 0 bridgehead atoms. The standard InChI is InChI=1S/C17H16O2S/c1-12-4-3-5-16-17(12)13(11-20-16)10-19-15-8-6-14(18-2)7-9-15/h3-9,11H,10H2,1-2H3. The summed E-state index contributed by atoms with van der Waals surface area (Å²) in [5.74, 6) is 1.70. The zero-order chi connectivity index (χ0) is 13.9. The predicted molar refractivity (Wildman–Crippen MR) is 83.9 cm³/mol. The first-order valence-electron chi connectivity index (χ1n) is 6.50. The number of benzene rings is 2. The normalized spacial score (nSPS) is 10.7. The third kappa shape index (κ3) is 2.49. The molecule has 3 heteroatoms. The van der Waals surface area contributed by atoms with E-state index in [0.29, 0.717) is 6.61 Å². The van der Waals surface area contributed by atoms with Crippen LogP contribution in [0, 0.1) is 6.92 Å². The summed E-state index contributed by atoms with van der Waals surface area (Å²) in [4.78, 5) is 0. The molecule has 2 nitrogen and oxygen atoms in total. The SMILES string of the molecule is COc1ccc(OCc2csc3cccc(C)c23)cc1. The van der Waals surface area contributed by atoms with Gasteiger partial charge in [-0.05, 0) is 48.2 Å². The number of hydrogen-bond donors (Lipinski definition) is 0. The van der Waals surface area contributed by atoms with Gasteiger partial charge in [0.15, 0.2) is 0 Å². The molecular weight excluding hydrogens is 268 g/mol. The van der Waals surface area contributed by atoms with Gasteiger partial charge in [0.1, 0.15) is 18.1 Å². The Morgan fingerprint density at radius 3 is 2.50 bits per heavy atom. The Morgan fingerprint density at radius 1 is 1.00 bits per heavy atom. The zero-order valence-electron chi connectivity index (χ0n) is 11.6. The Hall–Kier alpha value is -2.00. The Bertz CT molecular complexity index is 713. The smallest absolute Gasteiger partial charge is 0.120 e. The summed E-state index contributed by atoms with van der Waals surface area (Å²) in [6.07, 6.45) is 0. The molecule has 0 spiro atoms. The molecule has 0 aliphatic heterocycles. The lowest BCUT2D eigenvalue weighted by Crippen LogP contribution is -1.95. The molecule has 102 valence electrons. The Balaban J connectivity index is 1.79. The minimum atomic E-state index is 0.594. The van der Waals surface area contributed by atoms with Crippen molar-refractivity contribution in [3.8, 4) is 11.5 Å². The molecule has 0 aliphatic rings. The van der Waals surface area contributed by atoms with Crippen molar-refractivity contribution in [1.29, 1.82) is 0 Å². The lowest BCUT2D eigenvalue weighted by Gasteiger charge is -2.07.